The zero-order valence-corrected chi connectivity index (χ0v) is 22.3. The summed E-state index contributed by atoms with van der Waals surface area (Å²) in [6.45, 7) is 8.87. The number of unbranched alkanes of at least 4 members (excludes halogenated alkanes) is 1. The van der Waals surface area contributed by atoms with E-state index in [4.69, 9.17) is 4.98 Å². The lowest BCUT2D eigenvalue weighted by Crippen LogP contribution is -2.27. The fourth-order valence-corrected chi connectivity index (χ4v) is 4.73. The molecule has 4 heterocycles. The third kappa shape index (κ3) is 4.81. The first-order valence-corrected chi connectivity index (χ1v) is 13.2. The molecule has 4 aromatic heterocycles. The number of rotatable bonds is 10. The molecule has 1 N–H and O–H groups in total. The van der Waals surface area contributed by atoms with Gasteiger partial charge in [-0.15, -0.1) is 10.2 Å². The Balaban J connectivity index is 1.50. The Morgan fingerprint density at radius 1 is 1.03 bits per heavy atom. The second-order valence-electron chi connectivity index (χ2n) is 9.68. The van der Waals surface area contributed by atoms with Crippen LogP contribution in [0.2, 0.25) is 0 Å². The quantitative estimate of drug-likeness (QED) is 0.293. The third-order valence-electron chi connectivity index (χ3n) is 6.74. The first-order chi connectivity index (χ1) is 18.5. The van der Waals surface area contributed by atoms with Crippen molar-refractivity contribution in [1.82, 2.24) is 44.5 Å². The van der Waals surface area contributed by atoms with Crippen molar-refractivity contribution in [1.29, 1.82) is 0 Å². The summed E-state index contributed by atoms with van der Waals surface area (Å²) >= 11 is 0. The van der Waals surface area contributed by atoms with Crippen molar-refractivity contribution >= 4 is 0 Å². The number of hydrogen-bond donors (Lipinski definition) is 1. The number of aromatic nitrogens is 9. The minimum atomic E-state index is -0.0558. The van der Waals surface area contributed by atoms with E-state index in [1.54, 1.807) is 4.57 Å². The Labute approximate surface area is 221 Å². The molecular formula is C28H33N9O. The first kappa shape index (κ1) is 25.3. The summed E-state index contributed by atoms with van der Waals surface area (Å²) in [4.78, 5) is 18.5. The molecule has 5 aromatic rings. The molecule has 0 aliphatic carbocycles. The van der Waals surface area contributed by atoms with Crippen LogP contribution in [0.1, 0.15) is 63.4 Å². The predicted octanol–water partition coefficient (Wildman–Crippen LogP) is 4.61. The standard InChI is InChI=1S/C28H33N9O/c1-5-7-10-22-18-36(27-21(6-2)16-30-37(27)19(3)4)28(38)35(22)17-20-13-14-25(29-15-20)23-11-8-9-12-24(23)26-31-33-34-32-26/h8-9,11-16,18-19H,5-7,10,17H2,1-4H3,(H,31,32,33,34). The van der Waals surface area contributed by atoms with E-state index in [1.807, 2.05) is 64.2 Å². The van der Waals surface area contributed by atoms with E-state index in [1.165, 1.54) is 0 Å². The van der Waals surface area contributed by atoms with Crippen LogP contribution >= 0.6 is 0 Å². The van der Waals surface area contributed by atoms with Gasteiger partial charge in [0.05, 0.1) is 18.4 Å². The average Bonchev–Trinajstić information content (AvgIpc) is 3.68. The zero-order chi connectivity index (χ0) is 26.6. The average molecular weight is 512 g/mol. The van der Waals surface area contributed by atoms with Crippen molar-refractivity contribution in [2.24, 2.45) is 0 Å². The van der Waals surface area contributed by atoms with Crippen LogP contribution in [-0.4, -0.2) is 44.5 Å². The SMILES string of the molecule is CCCCc1cn(-c2c(CC)cnn2C(C)C)c(=O)n1Cc1ccc(-c2ccccc2-c2nn[nH]n2)nc1. The normalized spacial score (nSPS) is 11.5. The van der Waals surface area contributed by atoms with E-state index in [0.29, 0.717) is 12.4 Å². The fourth-order valence-electron chi connectivity index (χ4n) is 4.73. The molecule has 0 saturated carbocycles. The van der Waals surface area contributed by atoms with Crippen LogP contribution in [0.5, 0.6) is 0 Å². The molecule has 0 unspecified atom stereocenters. The van der Waals surface area contributed by atoms with Gasteiger partial charge >= 0.3 is 5.69 Å². The van der Waals surface area contributed by atoms with Gasteiger partial charge in [-0.1, -0.05) is 50.6 Å². The van der Waals surface area contributed by atoms with Gasteiger partial charge in [-0.25, -0.2) is 9.48 Å². The van der Waals surface area contributed by atoms with Gasteiger partial charge in [0.1, 0.15) is 5.82 Å². The van der Waals surface area contributed by atoms with Crippen LogP contribution in [0, 0.1) is 0 Å². The summed E-state index contributed by atoms with van der Waals surface area (Å²) in [6, 6.07) is 12.0. The number of hydrogen-bond acceptors (Lipinski definition) is 6. The first-order valence-electron chi connectivity index (χ1n) is 13.2. The lowest BCUT2D eigenvalue weighted by Gasteiger charge is -2.12. The Morgan fingerprint density at radius 2 is 1.84 bits per heavy atom. The second-order valence-corrected chi connectivity index (χ2v) is 9.68. The molecule has 0 atom stereocenters. The highest BCUT2D eigenvalue weighted by atomic mass is 16.1. The summed E-state index contributed by atoms with van der Waals surface area (Å²) < 4.78 is 5.59. The molecule has 1 aromatic carbocycles. The second kappa shape index (κ2) is 11.0. The van der Waals surface area contributed by atoms with E-state index in [0.717, 1.165) is 65.1 Å². The number of pyridine rings is 1. The summed E-state index contributed by atoms with van der Waals surface area (Å²) in [7, 11) is 0. The third-order valence-corrected chi connectivity index (χ3v) is 6.74. The van der Waals surface area contributed by atoms with Gasteiger partial charge in [0, 0.05) is 40.8 Å². The number of H-pyrrole nitrogens is 1. The minimum Gasteiger partial charge on any atom is -0.292 e. The van der Waals surface area contributed by atoms with Crippen LogP contribution < -0.4 is 5.69 Å². The molecule has 10 nitrogen and oxygen atoms in total. The van der Waals surface area contributed by atoms with Gasteiger partial charge in [-0.2, -0.15) is 10.3 Å². The summed E-state index contributed by atoms with van der Waals surface area (Å²) in [5.41, 5.74) is 5.55. The molecule has 0 saturated heterocycles. The highest BCUT2D eigenvalue weighted by molar-refractivity contribution is 5.78. The van der Waals surface area contributed by atoms with Crippen LogP contribution in [0.4, 0.5) is 0 Å². The Bertz CT molecular complexity index is 1560. The Hall–Kier alpha value is -4.34. The summed E-state index contributed by atoms with van der Waals surface area (Å²) in [5.74, 6) is 1.38. The van der Waals surface area contributed by atoms with Gasteiger partial charge in [-0.3, -0.25) is 14.1 Å². The van der Waals surface area contributed by atoms with Crippen molar-refractivity contribution in [2.75, 3.05) is 0 Å². The molecule has 0 aliphatic rings. The molecule has 0 bridgehead atoms. The van der Waals surface area contributed by atoms with Gasteiger partial charge in [-0.05, 0) is 50.0 Å². The van der Waals surface area contributed by atoms with Crippen molar-refractivity contribution in [2.45, 2.75) is 66.0 Å². The topological polar surface area (TPSA) is 112 Å². The maximum absolute atomic E-state index is 13.8. The van der Waals surface area contributed by atoms with Crippen molar-refractivity contribution in [3.8, 4) is 28.5 Å². The van der Waals surface area contributed by atoms with Crippen molar-refractivity contribution < 1.29 is 0 Å². The molecule has 196 valence electrons. The molecule has 0 aliphatic heterocycles. The number of imidazole rings is 1. The number of aryl methyl sites for hydroxylation is 2. The van der Waals surface area contributed by atoms with Crippen LogP contribution in [0.15, 0.2) is 59.8 Å². The Kier molecular flexibility index (Phi) is 7.30. The maximum atomic E-state index is 13.8. The van der Waals surface area contributed by atoms with Crippen LogP contribution in [0.3, 0.4) is 0 Å². The lowest BCUT2D eigenvalue weighted by molar-refractivity contribution is 0.517. The molecule has 0 radical (unpaired) electrons. The van der Waals surface area contributed by atoms with E-state index >= 15 is 0 Å². The number of tetrazole rings is 1. The van der Waals surface area contributed by atoms with Crippen LogP contribution in [0.25, 0.3) is 28.5 Å². The van der Waals surface area contributed by atoms with E-state index in [-0.39, 0.29) is 11.7 Å². The molecule has 5 rings (SSSR count). The highest BCUT2D eigenvalue weighted by Crippen LogP contribution is 2.28. The Morgan fingerprint density at radius 3 is 2.50 bits per heavy atom. The molecule has 0 amide bonds. The van der Waals surface area contributed by atoms with Gasteiger partial charge < -0.3 is 0 Å². The van der Waals surface area contributed by atoms with E-state index in [2.05, 4.69) is 53.4 Å². The van der Waals surface area contributed by atoms with E-state index in [9.17, 15) is 4.79 Å². The van der Waals surface area contributed by atoms with Crippen molar-refractivity contribution in [3.05, 3.63) is 82.3 Å². The number of nitrogens with zero attached hydrogens (tertiary/aromatic N) is 8. The number of nitrogens with one attached hydrogen (secondary N) is 1. The zero-order valence-electron chi connectivity index (χ0n) is 22.3. The number of aromatic amines is 1. The smallest absolute Gasteiger partial charge is 0.292 e. The predicted molar refractivity (Wildman–Crippen MR) is 146 cm³/mol. The van der Waals surface area contributed by atoms with Gasteiger partial charge in [0.2, 0.25) is 5.82 Å². The largest absolute Gasteiger partial charge is 0.334 e. The summed E-state index contributed by atoms with van der Waals surface area (Å²) in [5, 5.41) is 19.0. The fraction of sp³-hybridized carbons (Fsp3) is 0.357. The molecule has 0 fully saturated rings. The lowest BCUT2D eigenvalue weighted by atomic mass is 10.0. The highest BCUT2D eigenvalue weighted by Gasteiger charge is 2.20. The van der Waals surface area contributed by atoms with Gasteiger partial charge in [0.15, 0.2) is 0 Å². The molecule has 38 heavy (non-hydrogen) atoms. The van der Waals surface area contributed by atoms with E-state index < -0.39 is 0 Å². The van der Waals surface area contributed by atoms with Crippen molar-refractivity contribution in [3.63, 3.8) is 0 Å². The van der Waals surface area contributed by atoms with Gasteiger partial charge in [0.25, 0.3) is 0 Å². The number of benzene rings is 1. The monoisotopic (exact) mass is 511 g/mol. The minimum absolute atomic E-state index is 0.0558. The molecule has 0 spiro atoms. The maximum Gasteiger partial charge on any atom is 0.334 e. The van der Waals surface area contributed by atoms with Crippen LogP contribution in [-0.2, 0) is 19.4 Å². The molecule has 10 heteroatoms. The molecular weight excluding hydrogens is 478 g/mol. The summed E-state index contributed by atoms with van der Waals surface area (Å²) in [6.07, 6.45) is 9.42.